The maximum Gasteiger partial charge on any atom is 0.189 e. The molecule has 0 saturated heterocycles. The summed E-state index contributed by atoms with van der Waals surface area (Å²) >= 11 is 5.85. The first-order valence-corrected chi connectivity index (χ1v) is 6.17. The van der Waals surface area contributed by atoms with Gasteiger partial charge in [-0.1, -0.05) is 11.6 Å². The Morgan fingerprint density at radius 2 is 2.25 bits per heavy atom. The Morgan fingerprint density at radius 3 is 2.80 bits per heavy atom. The molecule has 0 bridgehead atoms. The molecule has 0 saturated carbocycles. The minimum Gasteiger partial charge on any atom is -0.507 e. The second-order valence-corrected chi connectivity index (χ2v) is 4.47. The van der Waals surface area contributed by atoms with E-state index < -0.39 is 0 Å². The van der Waals surface area contributed by atoms with E-state index in [4.69, 9.17) is 16.3 Å². The molecule has 0 aliphatic carbocycles. The van der Waals surface area contributed by atoms with Gasteiger partial charge in [0, 0.05) is 13.1 Å². The molecular weight excluding hydrogens is 280 g/mol. The summed E-state index contributed by atoms with van der Waals surface area (Å²) in [6.45, 7) is 0. The first-order valence-electron chi connectivity index (χ1n) is 5.79. The molecule has 0 atom stereocenters. The number of rotatable bonds is 4. The molecule has 1 aromatic carbocycles. The minimum absolute atomic E-state index is 0.128. The van der Waals surface area contributed by atoms with Gasteiger partial charge in [-0.05, 0) is 24.3 Å². The summed E-state index contributed by atoms with van der Waals surface area (Å²) in [7, 11) is 3.23. The van der Waals surface area contributed by atoms with Gasteiger partial charge < -0.3 is 14.4 Å². The van der Waals surface area contributed by atoms with Crippen LogP contribution in [0.1, 0.15) is 16.2 Å². The van der Waals surface area contributed by atoms with E-state index >= 15 is 0 Å². The number of hydrogen-bond donors (Lipinski definition) is 1. The second-order valence-electron chi connectivity index (χ2n) is 4.08. The molecule has 1 N–H and O–H groups in total. The summed E-state index contributed by atoms with van der Waals surface area (Å²) in [4.78, 5) is 16.0. The third kappa shape index (κ3) is 2.83. The van der Waals surface area contributed by atoms with Crippen molar-refractivity contribution >= 4 is 23.5 Å². The Balaban J connectivity index is 2.22. The van der Waals surface area contributed by atoms with Gasteiger partial charge >= 0.3 is 0 Å². The van der Waals surface area contributed by atoms with E-state index in [1.165, 1.54) is 37.6 Å². The number of ether oxygens (including phenoxy) is 1. The lowest BCUT2D eigenvalue weighted by atomic mass is 10.1. The van der Waals surface area contributed by atoms with Crippen LogP contribution in [0, 0.1) is 0 Å². The average Bonchev–Trinajstić information content (AvgIpc) is 2.76. The Kier molecular flexibility index (Phi) is 4.10. The van der Waals surface area contributed by atoms with Crippen LogP contribution in [0.15, 0.2) is 30.5 Å². The largest absolute Gasteiger partial charge is 0.507 e. The molecule has 20 heavy (non-hydrogen) atoms. The van der Waals surface area contributed by atoms with Crippen LogP contribution in [-0.4, -0.2) is 27.6 Å². The molecule has 0 radical (unpaired) electrons. The predicted molar refractivity (Wildman–Crippen MR) is 76.2 cm³/mol. The summed E-state index contributed by atoms with van der Waals surface area (Å²) < 4.78 is 6.60. The molecule has 0 spiro atoms. The van der Waals surface area contributed by atoms with Gasteiger partial charge in [0.1, 0.15) is 22.5 Å². The van der Waals surface area contributed by atoms with Crippen LogP contribution < -0.4 is 4.74 Å². The van der Waals surface area contributed by atoms with Crippen LogP contribution in [0.2, 0.25) is 5.15 Å². The molecule has 5 nitrogen and oxygen atoms in total. The number of aromatic hydroxyl groups is 1. The van der Waals surface area contributed by atoms with Gasteiger partial charge in [0.15, 0.2) is 5.78 Å². The van der Waals surface area contributed by atoms with Crippen LogP contribution >= 0.6 is 11.6 Å². The zero-order chi connectivity index (χ0) is 14.7. The van der Waals surface area contributed by atoms with E-state index in [0.717, 1.165) is 0 Å². The van der Waals surface area contributed by atoms with E-state index in [1.807, 2.05) is 0 Å². The topological polar surface area (TPSA) is 64.3 Å². The molecule has 2 aromatic rings. The van der Waals surface area contributed by atoms with Gasteiger partial charge in [-0.25, -0.2) is 4.98 Å². The quantitative estimate of drug-likeness (QED) is 0.695. The third-order valence-corrected chi connectivity index (χ3v) is 3.17. The van der Waals surface area contributed by atoms with Crippen molar-refractivity contribution in [2.24, 2.45) is 7.05 Å². The second kappa shape index (κ2) is 5.79. The summed E-state index contributed by atoms with van der Waals surface area (Å²) in [6.07, 6.45) is 4.37. The van der Waals surface area contributed by atoms with Crippen molar-refractivity contribution in [1.29, 1.82) is 0 Å². The van der Waals surface area contributed by atoms with Gasteiger partial charge in [-0.15, -0.1) is 0 Å². The zero-order valence-electron chi connectivity index (χ0n) is 11.0. The first-order chi connectivity index (χ1) is 9.52. The lowest BCUT2D eigenvalue weighted by molar-refractivity contribution is 0.104. The minimum atomic E-state index is -0.329. The molecule has 104 valence electrons. The highest BCUT2D eigenvalue weighted by molar-refractivity contribution is 6.29. The number of halogens is 1. The van der Waals surface area contributed by atoms with Crippen LogP contribution in [0.5, 0.6) is 11.5 Å². The SMILES string of the molecule is COc1ccc(C(=O)C=Cc2ncc(Cl)n2C)c(O)c1. The predicted octanol–water partition coefficient (Wildman–Crippen LogP) is 2.68. The maximum atomic E-state index is 12.0. The van der Waals surface area contributed by atoms with Crippen LogP contribution in [0.25, 0.3) is 6.08 Å². The van der Waals surface area contributed by atoms with E-state index in [9.17, 15) is 9.90 Å². The molecule has 0 fully saturated rings. The van der Waals surface area contributed by atoms with Gasteiger partial charge in [0.2, 0.25) is 0 Å². The molecule has 1 heterocycles. The van der Waals surface area contributed by atoms with Gasteiger partial charge in [0.05, 0.1) is 18.9 Å². The fourth-order valence-corrected chi connectivity index (χ4v) is 1.78. The first kappa shape index (κ1) is 14.1. The Labute approximate surface area is 121 Å². The summed E-state index contributed by atoms with van der Waals surface area (Å²) in [6, 6.07) is 4.50. The standard InChI is InChI=1S/C14H13ClN2O3/c1-17-13(15)8-16-14(17)6-5-11(18)10-4-3-9(20-2)7-12(10)19/h3-8,19H,1-2H3. The van der Waals surface area contributed by atoms with Crippen molar-refractivity contribution in [1.82, 2.24) is 9.55 Å². The zero-order valence-corrected chi connectivity index (χ0v) is 11.8. The molecule has 0 unspecified atom stereocenters. The fraction of sp³-hybridized carbons (Fsp3) is 0.143. The van der Waals surface area contributed by atoms with E-state index in [2.05, 4.69) is 4.98 Å². The Bertz CT molecular complexity index is 677. The van der Waals surface area contributed by atoms with E-state index in [0.29, 0.717) is 16.7 Å². The Hall–Kier alpha value is -2.27. The van der Waals surface area contributed by atoms with Gasteiger partial charge in [-0.3, -0.25) is 4.79 Å². The normalized spacial score (nSPS) is 10.9. The maximum absolute atomic E-state index is 12.0. The lowest BCUT2D eigenvalue weighted by Crippen LogP contribution is -1.97. The van der Waals surface area contributed by atoms with Crippen LogP contribution in [0.4, 0.5) is 0 Å². The van der Waals surface area contributed by atoms with Crippen LogP contribution in [0.3, 0.4) is 0 Å². The van der Waals surface area contributed by atoms with E-state index in [1.54, 1.807) is 17.7 Å². The van der Waals surface area contributed by atoms with Crippen molar-refractivity contribution in [3.63, 3.8) is 0 Å². The summed E-state index contributed by atoms with van der Waals surface area (Å²) in [5.74, 6) is 0.580. The van der Waals surface area contributed by atoms with Gasteiger partial charge in [0.25, 0.3) is 0 Å². The highest BCUT2D eigenvalue weighted by atomic mass is 35.5. The molecule has 0 aliphatic heterocycles. The molecule has 0 amide bonds. The number of phenols is 1. The number of methoxy groups -OCH3 is 1. The number of carbonyl (C=O) groups is 1. The third-order valence-electron chi connectivity index (χ3n) is 2.82. The number of benzene rings is 1. The van der Waals surface area contributed by atoms with Crippen molar-refractivity contribution < 1.29 is 14.6 Å². The van der Waals surface area contributed by atoms with Crippen molar-refractivity contribution in [2.45, 2.75) is 0 Å². The molecular formula is C14H13ClN2O3. The molecule has 1 aromatic heterocycles. The van der Waals surface area contributed by atoms with Crippen molar-refractivity contribution in [3.05, 3.63) is 47.0 Å². The van der Waals surface area contributed by atoms with Gasteiger partial charge in [-0.2, -0.15) is 0 Å². The highest BCUT2D eigenvalue weighted by Gasteiger charge is 2.10. The smallest absolute Gasteiger partial charge is 0.189 e. The summed E-state index contributed by atoms with van der Waals surface area (Å²) in [5.41, 5.74) is 0.197. The number of nitrogens with zero attached hydrogens (tertiary/aromatic N) is 2. The summed E-state index contributed by atoms with van der Waals surface area (Å²) in [5, 5.41) is 10.2. The highest BCUT2D eigenvalue weighted by Crippen LogP contribution is 2.24. The number of aromatic nitrogens is 2. The molecule has 0 aliphatic rings. The number of ketones is 1. The number of phenolic OH excluding ortho intramolecular Hbond substituents is 1. The molecule has 2 rings (SSSR count). The number of imidazole rings is 1. The van der Waals surface area contributed by atoms with Crippen molar-refractivity contribution in [3.8, 4) is 11.5 Å². The Morgan fingerprint density at radius 1 is 1.50 bits per heavy atom. The monoisotopic (exact) mass is 292 g/mol. The fourth-order valence-electron chi connectivity index (χ4n) is 1.64. The lowest BCUT2D eigenvalue weighted by Gasteiger charge is -2.03. The van der Waals surface area contributed by atoms with Crippen LogP contribution in [-0.2, 0) is 7.05 Å². The van der Waals surface area contributed by atoms with Crippen molar-refractivity contribution in [2.75, 3.05) is 7.11 Å². The average molecular weight is 293 g/mol. The number of allylic oxidation sites excluding steroid dienone is 1. The number of hydrogen-bond acceptors (Lipinski definition) is 4. The number of carbonyl (C=O) groups excluding carboxylic acids is 1. The molecule has 6 heteroatoms. The van der Waals surface area contributed by atoms with E-state index in [-0.39, 0.29) is 17.1 Å².